The lowest BCUT2D eigenvalue weighted by Crippen LogP contribution is -2.46. The van der Waals surface area contributed by atoms with Crippen LogP contribution in [0.2, 0.25) is 0 Å². The van der Waals surface area contributed by atoms with E-state index >= 15 is 0 Å². The van der Waals surface area contributed by atoms with Crippen molar-refractivity contribution < 1.29 is 14.3 Å². The minimum Gasteiger partial charge on any atom is -0.475 e. The van der Waals surface area contributed by atoms with Crippen molar-refractivity contribution in [2.45, 2.75) is 32.9 Å². The maximum absolute atomic E-state index is 12.2. The molecule has 2 rings (SSSR count). The first-order valence-corrected chi connectivity index (χ1v) is 7.78. The third-order valence-corrected chi connectivity index (χ3v) is 3.37. The van der Waals surface area contributed by atoms with Gasteiger partial charge < -0.3 is 14.8 Å². The molecule has 1 atom stereocenters. The van der Waals surface area contributed by atoms with E-state index in [1.54, 1.807) is 18.3 Å². The van der Waals surface area contributed by atoms with Gasteiger partial charge >= 0.3 is 0 Å². The number of aromatic nitrogens is 1. The summed E-state index contributed by atoms with van der Waals surface area (Å²) >= 11 is 0. The molecule has 1 saturated heterocycles. The first kappa shape index (κ1) is 16.7. The Morgan fingerprint density at radius 2 is 2.09 bits per heavy atom. The van der Waals surface area contributed by atoms with E-state index in [0.717, 1.165) is 32.8 Å². The second-order valence-corrected chi connectivity index (χ2v) is 5.84. The summed E-state index contributed by atoms with van der Waals surface area (Å²) < 4.78 is 10.8. The van der Waals surface area contributed by atoms with E-state index in [4.69, 9.17) is 9.47 Å². The van der Waals surface area contributed by atoms with E-state index in [1.807, 2.05) is 20.8 Å². The molecule has 0 aromatic carbocycles. The molecule has 1 aromatic heterocycles. The molecule has 1 amide bonds. The summed E-state index contributed by atoms with van der Waals surface area (Å²) in [6.45, 7) is 10.1. The fourth-order valence-corrected chi connectivity index (χ4v) is 2.35. The molecule has 1 aliphatic rings. The molecular weight excluding hydrogens is 282 g/mol. The molecule has 1 fully saturated rings. The van der Waals surface area contributed by atoms with Crippen LogP contribution in [-0.4, -0.2) is 60.8 Å². The summed E-state index contributed by atoms with van der Waals surface area (Å²) in [6, 6.07) is 3.54. The Kier molecular flexibility index (Phi) is 6.15. The van der Waals surface area contributed by atoms with Crippen LogP contribution in [0.5, 0.6) is 5.88 Å². The Bertz CT molecular complexity index is 470. The summed E-state index contributed by atoms with van der Waals surface area (Å²) in [5.41, 5.74) is 0.546. The highest BCUT2D eigenvalue weighted by molar-refractivity contribution is 5.94. The van der Waals surface area contributed by atoms with Crippen LogP contribution in [0.3, 0.4) is 0 Å². The van der Waals surface area contributed by atoms with Crippen molar-refractivity contribution >= 4 is 5.91 Å². The Morgan fingerprint density at radius 3 is 2.68 bits per heavy atom. The normalized spacial score (nSPS) is 17.3. The Balaban J connectivity index is 1.82. The van der Waals surface area contributed by atoms with Crippen molar-refractivity contribution in [1.82, 2.24) is 15.2 Å². The largest absolute Gasteiger partial charge is 0.475 e. The number of nitrogens with one attached hydrogen (secondary N) is 1. The van der Waals surface area contributed by atoms with Gasteiger partial charge in [-0.15, -0.1) is 0 Å². The first-order chi connectivity index (χ1) is 10.5. The number of carbonyl (C=O) groups is 1. The zero-order valence-corrected chi connectivity index (χ0v) is 13.5. The number of nitrogens with zero attached hydrogens (tertiary/aromatic N) is 2. The van der Waals surface area contributed by atoms with Gasteiger partial charge in [0, 0.05) is 37.9 Å². The molecule has 122 valence electrons. The number of morpholine rings is 1. The van der Waals surface area contributed by atoms with Gasteiger partial charge in [-0.05, 0) is 26.8 Å². The Hall–Kier alpha value is -1.66. The number of rotatable bonds is 6. The zero-order valence-electron chi connectivity index (χ0n) is 13.5. The molecule has 0 bridgehead atoms. The van der Waals surface area contributed by atoms with Gasteiger partial charge in [-0.3, -0.25) is 9.69 Å². The Morgan fingerprint density at radius 1 is 1.36 bits per heavy atom. The maximum atomic E-state index is 12.2. The molecule has 0 aliphatic carbocycles. The number of ether oxygens (including phenoxy) is 2. The second-order valence-electron chi connectivity index (χ2n) is 5.84. The third kappa shape index (κ3) is 5.27. The molecule has 0 radical (unpaired) electrons. The molecule has 1 aromatic rings. The average Bonchev–Trinajstić information content (AvgIpc) is 2.48. The van der Waals surface area contributed by atoms with Crippen LogP contribution in [0.1, 0.15) is 31.1 Å². The van der Waals surface area contributed by atoms with E-state index in [2.05, 4.69) is 15.2 Å². The number of hydrogen-bond acceptors (Lipinski definition) is 5. The van der Waals surface area contributed by atoms with Crippen LogP contribution < -0.4 is 10.1 Å². The van der Waals surface area contributed by atoms with Crippen molar-refractivity contribution in [3.8, 4) is 5.88 Å². The monoisotopic (exact) mass is 307 g/mol. The minimum absolute atomic E-state index is 0.0701. The summed E-state index contributed by atoms with van der Waals surface area (Å²) in [4.78, 5) is 18.6. The lowest BCUT2D eigenvalue weighted by molar-refractivity contribution is 0.0342. The summed E-state index contributed by atoms with van der Waals surface area (Å²) in [5, 5.41) is 3.00. The maximum Gasteiger partial charge on any atom is 0.253 e. The van der Waals surface area contributed by atoms with Crippen LogP contribution >= 0.6 is 0 Å². The summed E-state index contributed by atoms with van der Waals surface area (Å²) in [5.74, 6) is 0.428. The molecule has 22 heavy (non-hydrogen) atoms. The number of hydrogen-bond donors (Lipinski definition) is 1. The Labute approximate surface area is 131 Å². The van der Waals surface area contributed by atoms with Crippen molar-refractivity contribution in [3.05, 3.63) is 23.9 Å². The van der Waals surface area contributed by atoms with Gasteiger partial charge in [0.15, 0.2) is 0 Å². The number of amides is 1. The zero-order chi connectivity index (χ0) is 15.9. The van der Waals surface area contributed by atoms with Gasteiger partial charge in [-0.1, -0.05) is 0 Å². The molecule has 2 heterocycles. The van der Waals surface area contributed by atoms with Crippen molar-refractivity contribution in [2.75, 3.05) is 32.8 Å². The predicted octanol–water partition coefficient (Wildman–Crippen LogP) is 1.32. The lowest BCUT2D eigenvalue weighted by atomic mass is 10.2. The van der Waals surface area contributed by atoms with Crippen molar-refractivity contribution in [3.63, 3.8) is 0 Å². The van der Waals surface area contributed by atoms with Crippen LogP contribution in [0, 0.1) is 0 Å². The first-order valence-electron chi connectivity index (χ1n) is 7.78. The van der Waals surface area contributed by atoms with Crippen molar-refractivity contribution in [1.29, 1.82) is 0 Å². The summed E-state index contributed by atoms with van der Waals surface area (Å²) in [6.07, 6.45) is 1.62. The van der Waals surface area contributed by atoms with Crippen LogP contribution in [0.4, 0.5) is 0 Å². The highest BCUT2D eigenvalue weighted by atomic mass is 16.5. The molecule has 0 spiro atoms. The van der Waals surface area contributed by atoms with Crippen LogP contribution in [0.15, 0.2) is 18.3 Å². The van der Waals surface area contributed by atoms with Gasteiger partial charge in [-0.2, -0.15) is 0 Å². The standard InChI is InChI=1S/C16H25N3O3/c1-12(2)22-15-5-4-14(10-17-15)16(20)18-13(3)11-19-6-8-21-9-7-19/h4-5,10,12-13H,6-9,11H2,1-3H3,(H,18,20). The fourth-order valence-electron chi connectivity index (χ4n) is 2.35. The average molecular weight is 307 g/mol. The van der Waals surface area contributed by atoms with E-state index in [0.29, 0.717) is 11.4 Å². The highest BCUT2D eigenvalue weighted by Gasteiger charge is 2.16. The van der Waals surface area contributed by atoms with E-state index in [-0.39, 0.29) is 18.1 Å². The van der Waals surface area contributed by atoms with Gasteiger partial charge in [0.05, 0.1) is 24.9 Å². The predicted molar refractivity (Wildman–Crippen MR) is 84.2 cm³/mol. The van der Waals surface area contributed by atoms with Gasteiger partial charge in [-0.25, -0.2) is 4.98 Å². The smallest absolute Gasteiger partial charge is 0.253 e. The van der Waals surface area contributed by atoms with Crippen molar-refractivity contribution in [2.24, 2.45) is 0 Å². The quantitative estimate of drug-likeness (QED) is 0.859. The molecule has 1 aliphatic heterocycles. The molecule has 1 unspecified atom stereocenters. The van der Waals surface area contributed by atoms with Gasteiger partial charge in [0.1, 0.15) is 0 Å². The highest BCUT2D eigenvalue weighted by Crippen LogP contribution is 2.09. The minimum atomic E-state index is -0.107. The lowest BCUT2D eigenvalue weighted by Gasteiger charge is -2.29. The van der Waals surface area contributed by atoms with Crippen LogP contribution in [0.25, 0.3) is 0 Å². The van der Waals surface area contributed by atoms with E-state index in [9.17, 15) is 4.79 Å². The number of carbonyl (C=O) groups excluding carboxylic acids is 1. The van der Waals surface area contributed by atoms with Crippen LogP contribution in [-0.2, 0) is 4.74 Å². The second kappa shape index (κ2) is 8.10. The van der Waals surface area contributed by atoms with Gasteiger partial charge in [0.25, 0.3) is 5.91 Å². The van der Waals surface area contributed by atoms with E-state index in [1.165, 1.54) is 0 Å². The summed E-state index contributed by atoms with van der Waals surface area (Å²) in [7, 11) is 0. The molecule has 6 heteroatoms. The molecule has 6 nitrogen and oxygen atoms in total. The number of pyridine rings is 1. The SMILES string of the molecule is CC(CN1CCOCC1)NC(=O)c1ccc(OC(C)C)nc1. The fraction of sp³-hybridized carbons (Fsp3) is 0.625. The molecule has 0 saturated carbocycles. The van der Waals surface area contributed by atoms with E-state index < -0.39 is 0 Å². The molecular formula is C16H25N3O3. The molecule has 1 N–H and O–H groups in total. The topological polar surface area (TPSA) is 63.7 Å². The third-order valence-electron chi connectivity index (χ3n) is 3.37. The van der Waals surface area contributed by atoms with Gasteiger partial charge in [0.2, 0.25) is 5.88 Å².